The second-order valence-corrected chi connectivity index (χ2v) is 5.84. The third kappa shape index (κ3) is 2.72. The second kappa shape index (κ2) is 6.75. The van der Waals surface area contributed by atoms with E-state index in [2.05, 4.69) is 34.6 Å². The first-order chi connectivity index (χ1) is 11.3. The molecule has 1 unspecified atom stereocenters. The van der Waals surface area contributed by atoms with E-state index >= 15 is 0 Å². The van der Waals surface area contributed by atoms with E-state index in [0.717, 1.165) is 30.0 Å². The van der Waals surface area contributed by atoms with Crippen LogP contribution in [0.25, 0.3) is 10.9 Å². The number of nitrogens with one attached hydrogen (secondary N) is 2. The first kappa shape index (κ1) is 16.7. The first-order valence-electron chi connectivity index (χ1n) is 7.86. The maximum atomic E-state index is 5.38. The van der Waals surface area contributed by atoms with Crippen molar-refractivity contribution in [2.24, 2.45) is 0 Å². The van der Waals surface area contributed by atoms with Crippen LogP contribution in [0.2, 0.25) is 0 Å². The molecule has 4 nitrogen and oxygen atoms in total. The smallest absolute Gasteiger partial charge is 0.119 e. The Hall–Kier alpha value is -2.17. The summed E-state index contributed by atoms with van der Waals surface area (Å²) >= 11 is 0. The molecular formula is C19H20ClN2O2-. The molecular weight excluding hydrogens is 324 g/mol. The third-order valence-electron chi connectivity index (χ3n) is 4.61. The van der Waals surface area contributed by atoms with E-state index in [1.807, 2.05) is 18.2 Å². The number of methoxy groups -OCH3 is 2. The molecule has 5 heteroatoms. The van der Waals surface area contributed by atoms with Crippen LogP contribution in [0.1, 0.15) is 22.9 Å². The van der Waals surface area contributed by atoms with Crippen molar-refractivity contribution in [1.82, 2.24) is 10.3 Å². The van der Waals surface area contributed by atoms with Crippen LogP contribution in [0.15, 0.2) is 42.5 Å². The van der Waals surface area contributed by atoms with Crippen LogP contribution >= 0.6 is 0 Å². The number of H-pyrrole nitrogens is 1. The van der Waals surface area contributed by atoms with Gasteiger partial charge in [0, 0.05) is 23.1 Å². The van der Waals surface area contributed by atoms with Gasteiger partial charge in [0.25, 0.3) is 0 Å². The zero-order valence-electron chi connectivity index (χ0n) is 13.7. The van der Waals surface area contributed by atoms with Crippen molar-refractivity contribution < 1.29 is 21.9 Å². The zero-order valence-corrected chi connectivity index (χ0v) is 14.5. The molecule has 2 N–H and O–H groups in total. The lowest BCUT2D eigenvalue weighted by Crippen LogP contribution is -3.00. The molecule has 24 heavy (non-hydrogen) atoms. The number of halogens is 1. The molecule has 0 fully saturated rings. The van der Waals surface area contributed by atoms with Gasteiger partial charge in [0.1, 0.15) is 11.5 Å². The quantitative estimate of drug-likeness (QED) is 0.725. The first-order valence-corrected chi connectivity index (χ1v) is 7.86. The number of ether oxygens (including phenoxy) is 2. The lowest BCUT2D eigenvalue weighted by atomic mass is 9.94. The van der Waals surface area contributed by atoms with E-state index in [4.69, 9.17) is 9.47 Å². The van der Waals surface area contributed by atoms with Gasteiger partial charge in [0.2, 0.25) is 0 Å². The minimum absolute atomic E-state index is 0. The molecule has 0 aliphatic carbocycles. The van der Waals surface area contributed by atoms with E-state index in [-0.39, 0.29) is 18.4 Å². The van der Waals surface area contributed by atoms with Gasteiger partial charge in [-0.05, 0) is 47.9 Å². The molecule has 2 aromatic carbocycles. The van der Waals surface area contributed by atoms with Crippen molar-refractivity contribution in [3.8, 4) is 11.5 Å². The van der Waals surface area contributed by atoms with Crippen LogP contribution in [-0.4, -0.2) is 25.7 Å². The number of hydrogen-bond donors (Lipinski definition) is 2. The molecule has 1 aliphatic heterocycles. The Morgan fingerprint density at radius 3 is 2.38 bits per heavy atom. The van der Waals surface area contributed by atoms with Crippen molar-refractivity contribution in [1.29, 1.82) is 0 Å². The van der Waals surface area contributed by atoms with E-state index in [9.17, 15) is 0 Å². The average Bonchev–Trinajstić information content (AvgIpc) is 2.99. The highest BCUT2D eigenvalue weighted by Crippen LogP contribution is 2.35. The van der Waals surface area contributed by atoms with Gasteiger partial charge in [0.05, 0.1) is 20.3 Å². The Bertz CT molecular complexity index is 842. The standard InChI is InChI=1S/C19H20N2O2.ClH/c1-22-13-5-3-12(4-6-13)18-19-15(9-10-20-18)16-11-14(23-2)7-8-17(16)21-19;/h3-8,11,18,20-21H,9-10H2,1-2H3;1H/p-1. The van der Waals surface area contributed by atoms with Crippen molar-refractivity contribution in [2.75, 3.05) is 20.8 Å². The van der Waals surface area contributed by atoms with Crippen molar-refractivity contribution in [3.63, 3.8) is 0 Å². The van der Waals surface area contributed by atoms with Gasteiger partial charge in [0.15, 0.2) is 0 Å². The molecule has 1 aliphatic rings. The highest BCUT2D eigenvalue weighted by molar-refractivity contribution is 5.86. The Morgan fingerprint density at radius 2 is 1.67 bits per heavy atom. The second-order valence-electron chi connectivity index (χ2n) is 5.84. The molecule has 2 heterocycles. The predicted molar refractivity (Wildman–Crippen MR) is 91.4 cm³/mol. The van der Waals surface area contributed by atoms with E-state index in [1.165, 1.54) is 22.2 Å². The summed E-state index contributed by atoms with van der Waals surface area (Å²) in [5.74, 6) is 1.78. The summed E-state index contributed by atoms with van der Waals surface area (Å²) in [6.45, 7) is 0.966. The van der Waals surface area contributed by atoms with Gasteiger partial charge < -0.3 is 32.2 Å². The molecule has 126 valence electrons. The normalized spacial score (nSPS) is 16.3. The minimum atomic E-state index is 0. The number of benzene rings is 2. The van der Waals surface area contributed by atoms with Crippen LogP contribution in [0.4, 0.5) is 0 Å². The molecule has 0 saturated carbocycles. The van der Waals surface area contributed by atoms with Gasteiger partial charge >= 0.3 is 0 Å². The van der Waals surface area contributed by atoms with Crippen LogP contribution in [-0.2, 0) is 6.42 Å². The van der Waals surface area contributed by atoms with Crippen molar-refractivity contribution >= 4 is 10.9 Å². The molecule has 1 aromatic heterocycles. The van der Waals surface area contributed by atoms with Gasteiger partial charge in [-0.2, -0.15) is 0 Å². The fraction of sp³-hybridized carbons (Fsp3) is 0.263. The van der Waals surface area contributed by atoms with Crippen LogP contribution in [0.5, 0.6) is 11.5 Å². The van der Waals surface area contributed by atoms with Crippen LogP contribution in [0, 0.1) is 0 Å². The molecule has 0 radical (unpaired) electrons. The van der Waals surface area contributed by atoms with Crippen molar-refractivity contribution in [3.05, 3.63) is 59.3 Å². The summed E-state index contributed by atoms with van der Waals surface area (Å²) in [7, 11) is 3.40. The molecule has 1 atom stereocenters. The fourth-order valence-electron chi connectivity index (χ4n) is 3.41. The highest BCUT2D eigenvalue weighted by atomic mass is 35.5. The Morgan fingerprint density at radius 1 is 0.958 bits per heavy atom. The topological polar surface area (TPSA) is 46.3 Å². The lowest BCUT2D eigenvalue weighted by molar-refractivity contribution is -0.00000528. The van der Waals surface area contributed by atoms with Crippen LogP contribution < -0.4 is 27.2 Å². The van der Waals surface area contributed by atoms with E-state index in [1.54, 1.807) is 14.2 Å². The fourth-order valence-corrected chi connectivity index (χ4v) is 3.41. The number of aromatic nitrogens is 1. The monoisotopic (exact) mass is 343 g/mol. The van der Waals surface area contributed by atoms with Gasteiger partial charge in [-0.25, -0.2) is 0 Å². The van der Waals surface area contributed by atoms with Gasteiger partial charge in [-0.1, -0.05) is 12.1 Å². The highest BCUT2D eigenvalue weighted by Gasteiger charge is 2.25. The lowest BCUT2D eigenvalue weighted by Gasteiger charge is -2.25. The minimum Gasteiger partial charge on any atom is -1.00 e. The molecule has 0 saturated heterocycles. The Kier molecular flexibility index (Phi) is 4.69. The van der Waals surface area contributed by atoms with E-state index in [0.29, 0.717) is 0 Å². The van der Waals surface area contributed by atoms with Gasteiger partial charge in [-0.15, -0.1) is 0 Å². The van der Waals surface area contributed by atoms with Gasteiger partial charge in [-0.3, -0.25) is 0 Å². The third-order valence-corrected chi connectivity index (χ3v) is 4.61. The number of aromatic amines is 1. The summed E-state index contributed by atoms with van der Waals surface area (Å²) in [5, 5.41) is 4.88. The van der Waals surface area contributed by atoms with E-state index < -0.39 is 0 Å². The molecule has 3 aromatic rings. The zero-order chi connectivity index (χ0) is 15.8. The average molecular weight is 344 g/mol. The predicted octanol–water partition coefficient (Wildman–Crippen LogP) is 0.424. The number of rotatable bonds is 3. The maximum Gasteiger partial charge on any atom is 0.119 e. The summed E-state index contributed by atoms with van der Waals surface area (Å²) in [6.07, 6.45) is 1.02. The molecule has 4 rings (SSSR count). The van der Waals surface area contributed by atoms with Crippen LogP contribution in [0.3, 0.4) is 0 Å². The Balaban J connectivity index is 0.00000169. The number of fused-ring (bicyclic) bond motifs is 3. The maximum absolute atomic E-state index is 5.38. The largest absolute Gasteiger partial charge is 1.00 e. The Labute approximate surface area is 147 Å². The number of hydrogen-bond acceptors (Lipinski definition) is 3. The summed E-state index contributed by atoms with van der Waals surface area (Å²) < 4.78 is 10.6. The van der Waals surface area contributed by atoms with Crippen molar-refractivity contribution in [2.45, 2.75) is 12.5 Å². The molecule has 0 bridgehead atoms. The molecule has 0 amide bonds. The summed E-state index contributed by atoms with van der Waals surface area (Å²) in [4.78, 5) is 3.60. The summed E-state index contributed by atoms with van der Waals surface area (Å²) in [5.41, 5.74) is 5.05. The molecule has 0 spiro atoms. The summed E-state index contributed by atoms with van der Waals surface area (Å²) in [6, 6.07) is 14.7. The SMILES string of the molecule is COc1ccc(C2NCCc3c2[nH]c2ccc(OC)cc32)cc1.[Cl-].